The van der Waals surface area contributed by atoms with Crippen LogP contribution in [0.4, 0.5) is 0 Å². The van der Waals surface area contributed by atoms with E-state index in [2.05, 4.69) is 25.1 Å². The Labute approximate surface area is 161 Å². The van der Waals surface area contributed by atoms with Gasteiger partial charge in [0.15, 0.2) is 5.78 Å². The molecule has 6 nitrogen and oxygen atoms in total. The van der Waals surface area contributed by atoms with Crippen LogP contribution in [0.15, 0.2) is 24.4 Å². The van der Waals surface area contributed by atoms with Crippen molar-refractivity contribution in [3.8, 4) is 10.6 Å². The van der Waals surface area contributed by atoms with Crippen LogP contribution in [0.3, 0.4) is 0 Å². The third kappa shape index (κ3) is 3.26. The Morgan fingerprint density at radius 2 is 1.96 bits per heavy atom. The number of benzene rings is 1. The number of rotatable bonds is 5. The van der Waals surface area contributed by atoms with Gasteiger partial charge < -0.3 is 0 Å². The minimum Gasteiger partial charge on any atom is -0.298 e. The minimum atomic E-state index is 0.212. The van der Waals surface area contributed by atoms with Crippen molar-refractivity contribution in [1.29, 1.82) is 0 Å². The Kier molecular flexibility index (Phi) is 4.21. The van der Waals surface area contributed by atoms with E-state index in [9.17, 15) is 4.79 Å². The highest BCUT2D eigenvalue weighted by atomic mass is 32.1. The van der Waals surface area contributed by atoms with E-state index in [0.717, 1.165) is 26.5 Å². The summed E-state index contributed by atoms with van der Waals surface area (Å²) in [5, 5.41) is 11.1. The first-order valence-electron chi connectivity index (χ1n) is 9.49. The van der Waals surface area contributed by atoms with E-state index in [0.29, 0.717) is 30.9 Å². The van der Waals surface area contributed by atoms with Gasteiger partial charge in [0.2, 0.25) is 0 Å². The summed E-state index contributed by atoms with van der Waals surface area (Å²) in [7, 11) is 0. The van der Waals surface area contributed by atoms with Crippen molar-refractivity contribution in [2.45, 2.75) is 51.1 Å². The van der Waals surface area contributed by atoms with Gasteiger partial charge in [-0.2, -0.15) is 0 Å². The number of carbonyl (C=O) groups is 1. The predicted octanol–water partition coefficient (Wildman–Crippen LogP) is 3.20. The fourth-order valence-corrected chi connectivity index (χ4v) is 5.09. The molecule has 2 aromatic heterocycles. The highest BCUT2D eigenvalue weighted by Gasteiger charge is 2.39. The van der Waals surface area contributed by atoms with Gasteiger partial charge in [0.1, 0.15) is 15.8 Å². The Morgan fingerprint density at radius 3 is 2.67 bits per heavy atom. The maximum Gasteiger partial charge on any atom is 0.154 e. The average Bonchev–Trinajstić information content (AvgIpc) is 3.37. The molecule has 0 aliphatic carbocycles. The highest BCUT2D eigenvalue weighted by Crippen LogP contribution is 2.37. The minimum absolute atomic E-state index is 0.212. The number of nitrogens with zero attached hydrogens (tertiary/aromatic N) is 5. The molecule has 2 aliphatic heterocycles. The molecular weight excluding hydrogens is 358 g/mol. The molecule has 27 heavy (non-hydrogen) atoms. The van der Waals surface area contributed by atoms with Crippen LogP contribution in [0, 0.1) is 6.92 Å². The maximum absolute atomic E-state index is 12.6. The number of carbonyl (C=O) groups excluding carboxylic acids is 1. The molecule has 0 radical (unpaired) electrons. The number of ketones is 1. The third-order valence-electron chi connectivity index (χ3n) is 5.72. The number of fused-ring (bicyclic) bond motifs is 3. The van der Waals surface area contributed by atoms with Crippen molar-refractivity contribution in [2.75, 3.05) is 6.54 Å². The summed E-state index contributed by atoms with van der Waals surface area (Å²) in [6, 6.07) is 7.25. The molecule has 0 saturated carbocycles. The topological polar surface area (TPSA) is 71.9 Å². The van der Waals surface area contributed by atoms with E-state index < -0.39 is 0 Å². The second-order valence-corrected chi connectivity index (χ2v) is 8.72. The maximum atomic E-state index is 12.6. The first-order chi connectivity index (χ1) is 13.2. The van der Waals surface area contributed by atoms with Crippen molar-refractivity contribution in [2.24, 2.45) is 0 Å². The summed E-state index contributed by atoms with van der Waals surface area (Å²) >= 11 is 1.56. The molecule has 0 amide bonds. The highest BCUT2D eigenvalue weighted by molar-refractivity contribution is 7.14. The molecule has 4 heterocycles. The van der Waals surface area contributed by atoms with Gasteiger partial charge in [0, 0.05) is 29.2 Å². The van der Waals surface area contributed by atoms with Gasteiger partial charge in [-0.05, 0) is 38.7 Å². The number of aryl methyl sites for hydroxylation is 1. The van der Waals surface area contributed by atoms with Crippen LogP contribution >= 0.6 is 11.3 Å². The van der Waals surface area contributed by atoms with E-state index in [-0.39, 0.29) is 5.78 Å². The monoisotopic (exact) mass is 379 g/mol. The lowest BCUT2D eigenvalue weighted by Gasteiger charge is -2.20. The Morgan fingerprint density at radius 1 is 1.19 bits per heavy atom. The van der Waals surface area contributed by atoms with Gasteiger partial charge in [0.05, 0.1) is 18.5 Å². The molecule has 2 aliphatic rings. The molecule has 2 bridgehead atoms. The van der Waals surface area contributed by atoms with Crippen molar-refractivity contribution >= 4 is 28.0 Å². The summed E-state index contributed by atoms with van der Waals surface area (Å²) in [6.45, 7) is 2.49. The number of hydrogen-bond acceptors (Lipinski definition) is 7. The van der Waals surface area contributed by atoms with E-state index in [1.807, 2.05) is 25.1 Å². The number of Topliss-reactive ketones (excluding diaryl/α,β-unsaturated/α-hetero) is 1. The van der Waals surface area contributed by atoms with Gasteiger partial charge in [-0.1, -0.05) is 23.5 Å². The van der Waals surface area contributed by atoms with Crippen LogP contribution in [0.25, 0.3) is 21.5 Å². The Hall–Kier alpha value is -2.25. The predicted molar refractivity (Wildman–Crippen MR) is 105 cm³/mol. The molecule has 0 spiro atoms. The summed E-state index contributed by atoms with van der Waals surface area (Å²) in [5.74, 6) is 0.814. The first-order valence-corrected chi connectivity index (χ1v) is 10.3. The zero-order valence-electron chi connectivity index (χ0n) is 15.3. The molecular formula is C20H21N5OS. The van der Waals surface area contributed by atoms with Gasteiger partial charge in [-0.15, -0.1) is 10.2 Å². The van der Waals surface area contributed by atoms with Crippen LogP contribution in [-0.4, -0.2) is 49.5 Å². The molecule has 3 aromatic rings. The molecule has 2 saturated heterocycles. The first kappa shape index (κ1) is 16.9. The van der Waals surface area contributed by atoms with Crippen molar-refractivity contribution < 1.29 is 4.79 Å². The lowest BCUT2D eigenvalue weighted by Crippen LogP contribution is -2.34. The molecule has 0 atom stereocenters. The normalized spacial score (nSPS) is 22.0. The van der Waals surface area contributed by atoms with Crippen LogP contribution < -0.4 is 0 Å². The largest absolute Gasteiger partial charge is 0.298 e. The van der Waals surface area contributed by atoms with Gasteiger partial charge in [0.25, 0.3) is 0 Å². The van der Waals surface area contributed by atoms with E-state index in [4.69, 9.17) is 0 Å². The lowest BCUT2D eigenvalue weighted by molar-refractivity contribution is -0.120. The number of aromatic nitrogens is 4. The van der Waals surface area contributed by atoms with Crippen LogP contribution in [0.1, 0.15) is 36.5 Å². The van der Waals surface area contributed by atoms with Gasteiger partial charge in [-0.25, -0.2) is 9.97 Å². The molecule has 5 rings (SSSR count). The van der Waals surface area contributed by atoms with E-state index in [1.54, 1.807) is 17.5 Å². The molecule has 2 fully saturated rings. The average molecular weight is 379 g/mol. The van der Waals surface area contributed by atoms with E-state index >= 15 is 0 Å². The number of hydrogen-bond donors (Lipinski definition) is 0. The molecule has 138 valence electrons. The Bertz CT molecular complexity index is 997. The molecule has 0 unspecified atom stereocenters. The van der Waals surface area contributed by atoms with Gasteiger partial charge in [-0.3, -0.25) is 9.69 Å². The third-order valence-corrected chi connectivity index (χ3v) is 6.61. The smallest absolute Gasteiger partial charge is 0.154 e. The molecule has 7 heteroatoms. The summed E-state index contributed by atoms with van der Waals surface area (Å²) in [6.07, 6.45) is 7.10. The quantitative estimate of drug-likeness (QED) is 0.678. The van der Waals surface area contributed by atoms with Crippen LogP contribution in [-0.2, 0) is 11.2 Å². The zero-order chi connectivity index (χ0) is 18.4. The standard InChI is InChI=1S/C20H21N5OS/c1-12-23-24-20(27-12)13-2-3-14-10-21-19(22-18(14)8-13)9-17(26)11-25-15-4-5-16(25)7-6-15/h2-3,8,10,15-16H,4-7,9,11H2,1H3. The molecule has 0 N–H and O–H groups in total. The van der Waals surface area contributed by atoms with Crippen molar-refractivity contribution in [3.63, 3.8) is 0 Å². The second-order valence-electron chi connectivity index (χ2n) is 7.54. The summed E-state index contributed by atoms with van der Waals surface area (Å²) < 4.78 is 0. The van der Waals surface area contributed by atoms with Crippen molar-refractivity contribution in [1.82, 2.24) is 25.1 Å². The summed E-state index contributed by atoms with van der Waals surface area (Å²) in [5.41, 5.74) is 1.84. The van der Waals surface area contributed by atoms with Gasteiger partial charge >= 0.3 is 0 Å². The van der Waals surface area contributed by atoms with E-state index in [1.165, 1.54) is 25.7 Å². The lowest BCUT2D eigenvalue weighted by atomic mass is 10.0. The van der Waals surface area contributed by atoms with Crippen LogP contribution in [0.5, 0.6) is 0 Å². The molecule has 1 aromatic carbocycles. The van der Waals surface area contributed by atoms with Crippen molar-refractivity contribution in [3.05, 3.63) is 35.2 Å². The zero-order valence-corrected chi connectivity index (χ0v) is 16.1. The SMILES string of the molecule is Cc1nnc(-c2ccc3cnc(CC(=O)CN4C5CCC4CC5)nc3c2)s1. The fraction of sp³-hybridized carbons (Fsp3) is 0.450. The van der Waals surface area contributed by atoms with Crippen LogP contribution in [0.2, 0.25) is 0 Å². The fourth-order valence-electron chi connectivity index (χ4n) is 4.41. The Balaban J connectivity index is 1.35. The second kappa shape index (κ2) is 6.73. The summed E-state index contributed by atoms with van der Waals surface area (Å²) in [4.78, 5) is 24.0.